The summed E-state index contributed by atoms with van der Waals surface area (Å²) in [4.78, 5) is 30.7. The number of aromatic amines is 1. The van der Waals surface area contributed by atoms with Gasteiger partial charge in [-0.05, 0) is 49.6 Å². The Morgan fingerprint density at radius 2 is 1.77 bits per heavy atom. The molecule has 0 atom stereocenters. The average molecular weight is 424 g/mol. The first-order chi connectivity index (χ1) is 14.3. The molecule has 7 nitrogen and oxygen atoms in total. The SMILES string of the molecule is Cc1cc(C)c(NC(=O)CN(C)C(=O)c2ccc(CSc3ncn[nH]3)cc2)c(C)c1. The molecule has 2 N–H and O–H groups in total. The van der Waals surface area contributed by atoms with Crippen molar-refractivity contribution < 1.29 is 9.59 Å². The van der Waals surface area contributed by atoms with Crippen LogP contribution >= 0.6 is 11.8 Å². The third kappa shape index (κ3) is 5.48. The lowest BCUT2D eigenvalue weighted by atomic mass is 10.1. The van der Waals surface area contributed by atoms with Gasteiger partial charge in [-0.2, -0.15) is 5.10 Å². The number of hydrogen-bond donors (Lipinski definition) is 2. The van der Waals surface area contributed by atoms with E-state index >= 15 is 0 Å². The number of aryl methyl sites for hydroxylation is 3. The number of likely N-dealkylation sites (N-methyl/N-ethyl adjacent to an activating group) is 1. The molecule has 0 unspecified atom stereocenters. The largest absolute Gasteiger partial charge is 0.332 e. The van der Waals surface area contributed by atoms with Crippen LogP contribution < -0.4 is 5.32 Å². The van der Waals surface area contributed by atoms with E-state index in [1.165, 1.54) is 23.0 Å². The molecule has 0 aliphatic carbocycles. The Bertz CT molecular complexity index is 1010. The van der Waals surface area contributed by atoms with Crippen LogP contribution in [0.4, 0.5) is 5.69 Å². The maximum atomic E-state index is 12.7. The van der Waals surface area contributed by atoms with Gasteiger partial charge in [0.1, 0.15) is 6.33 Å². The molecule has 0 aliphatic heterocycles. The summed E-state index contributed by atoms with van der Waals surface area (Å²) in [6.07, 6.45) is 1.47. The number of carbonyl (C=O) groups is 2. The van der Waals surface area contributed by atoms with Gasteiger partial charge in [-0.1, -0.05) is 41.6 Å². The second-order valence-electron chi connectivity index (χ2n) is 7.26. The van der Waals surface area contributed by atoms with Gasteiger partial charge in [0.2, 0.25) is 5.91 Å². The third-order valence-electron chi connectivity index (χ3n) is 4.64. The molecule has 2 amide bonds. The van der Waals surface area contributed by atoms with E-state index in [1.54, 1.807) is 19.2 Å². The Labute approximate surface area is 180 Å². The molecule has 2 aromatic carbocycles. The highest BCUT2D eigenvalue weighted by Gasteiger charge is 2.16. The number of aromatic nitrogens is 3. The van der Waals surface area contributed by atoms with Crippen molar-refractivity contribution in [2.75, 3.05) is 18.9 Å². The molecule has 0 bridgehead atoms. The van der Waals surface area contributed by atoms with E-state index in [2.05, 4.69) is 20.5 Å². The number of carbonyl (C=O) groups excluding carboxylic acids is 2. The number of H-pyrrole nitrogens is 1. The zero-order valence-corrected chi connectivity index (χ0v) is 18.3. The summed E-state index contributed by atoms with van der Waals surface area (Å²) in [7, 11) is 1.63. The number of anilines is 1. The van der Waals surface area contributed by atoms with Gasteiger partial charge >= 0.3 is 0 Å². The fourth-order valence-electron chi connectivity index (χ4n) is 3.22. The van der Waals surface area contributed by atoms with Gasteiger partial charge in [-0.3, -0.25) is 14.7 Å². The maximum absolute atomic E-state index is 12.7. The Morgan fingerprint density at radius 1 is 1.10 bits per heavy atom. The van der Waals surface area contributed by atoms with Crippen molar-refractivity contribution in [3.05, 3.63) is 70.5 Å². The monoisotopic (exact) mass is 423 g/mol. The molecular weight excluding hydrogens is 398 g/mol. The lowest BCUT2D eigenvalue weighted by Crippen LogP contribution is -2.35. The molecule has 8 heteroatoms. The first-order valence-corrected chi connectivity index (χ1v) is 10.5. The van der Waals surface area contributed by atoms with Crippen molar-refractivity contribution in [1.82, 2.24) is 20.1 Å². The number of rotatable bonds is 7. The van der Waals surface area contributed by atoms with Gasteiger partial charge in [0.15, 0.2) is 5.16 Å². The summed E-state index contributed by atoms with van der Waals surface area (Å²) in [5.41, 5.74) is 5.58. The second kappa shape index (κ2) is 9.58. The number of amides is 2. The van der Waals surface area contributed by atoms with Crippen molar-refractivity contribution >= 4 is 29.3 Å². The molecule has 3 aromatic rings. The van der Waals surface area contributed by atoms with E-state index in [1.807, 2.05) is 45.0 Å². The molecule has 1 aromatic heterocycles. The molecule has 0 saturated heterocycles. The molecule has 0 fully saturated rings. The van der Waals surface area contributed by atoms with E-state index in [0.29, 0.717) is 5.56 Å². The molecule has 0 spiro atoms. The Hall–Kier alpha value is -3.13. The van der Waals surface area contributed by atoms with Crippen molar-refractivity contribution in [3.63, 3.8) is 0 Å². The van der Waals surface area contributed by atoms with Crippen LogP contribution in [0, 0.1) is 20.8 Å². The lowest BCUT2D eigenvalue weighted by molar-refractivity contribution is -0.116. The molecule has 156 valence electrons. The van der Waals surface area contributed by atoms with Gasteiger partial charge in [0.25, 0.3) is 5.91 Å². The highest BCUT2D eigenvalue weighted by molar-refractivity contribution is 7.98. The smallest absolute Gasteiger partial charge is 0.254 e. The number of thioether (sulfide) groups is 1. The van der Waals surface area contributed by atoms with Crippen LogP contribution in [-0.4, -0.2) is 45.5 Å². The second-order valence-corrected chi connectivity index (χ2v) is 8.22. The minimum absolute atomic E-state index is 0.0192. The Balaban J connectivity index is 1.56. The summed E-state index contributed by atoms with van der Waals surface area (Å²) in [6.45, 7) is 5.93. The molecular formula is C22H25N5O2S. The van der Waals surface area contributed by atoms with E-state index < -0.39 is 0 Å². The molecule has 1 heterocycles. The van der Waals surface area contributed by atoms with Crippen LogP contribution in [0.25, 0.3) is 0 Å². The highest BCUT2D eigenvalue weighted by Crippen LogP contribution is 2.22. The predicted molar refractivity (Wildman–Crippen MR) is 119 cm³/mol. The predicted octanol–water partition coefficient (Wildman–Crippen LogP) is 3.73. The third-order valence-corrected chi connectivity index (χ3v) is 5.59. The van der Waals surface area contributed by atoms with Crippen LogP contribution in [0.1, 0.15) is 32.6 Å². The fourth-order valence-corrected chi connectivity index (χ4v) is 3.96. The number of benzene rings is 2. The van der Waals surface area contributed by atoms with E-state index in [4.69, 9.17) is 0 Å². The summed E-state index contributed by atoms with van der Waals surface area (Å²) in [5.74, 6) is 0.301. The van der Waals surface area contributed by atoms with Gasteiger partial charge in [-0.25, -0.2) is 4.98 Å². The van der Waals surface area contributed by atoms with Crippen molar-refractivity contribution in [2.24, 2.45) is 0 Å². The minimum Gasteiger partial charge on any atom is -0.332 e. The zero-order valence-electron chi connectivity index (χ0n) is 17.5. The van der Waals surface area contributed by atoms with Crippen LogP contribution in [0.3, 0.4) is 0 Å². The van der Waals surface area contributed by atoms with Gasteiger partial charge < -0.3 is 10.2 Å². The molecule has 0 aliphatic rings. The topological polar surface area (TPSA) is 91.0 Å². The van der Waals surface area contributed by atoms with Crippen LogP contribution in [-0.2, 0) is 10.5 Å². The summed E-state index contributed by atoms with van der Waals surface area (Å²) in [6, 6.07) is 11.4. The van der Waals surface area contributed by atoms with Crippen molar-refractivity contribution in [3.8, 4) is 0 Å². The van der Waals surface area contributed by atoms with Gasteiger partial charge in [0.05, 0.1) is 6.54 Å². The Kier molecular flexibility index (Phi) is 6.89. The fraction of sp³-hybridized carbons (Fsp3) is 0.273. The quantitative estimate of drug-likeness (QED) is 0.565. The first kappa shape index (κ1) is 21.6. The summed E-state index contributed by atoms with van der Waals surface area (Å²) in [5, 5.41) is 10.3. The molecule has 30 heavy (non-hydrogen) atoms. The number of nitrogens with one attached hydrogen (secondary N) is 2. The summed E-state index contributed by atoms with van der Waals surface area (Å²) >= 11 is 1.54. The van der Waals surface area contributed by atoms with Crippen LogP contribution in [0.5, 0.6) is 0 Å². The highest BCUT2D eigenvalue weighted by atomic mass is 32.2. The normalized spacial score (nSPS) is 10.7. The van der Waals surface area contributed by atoms with Crippen molar-refractivity contribution in [2.45, 2.75) is 31.7 Å². The first-order valence-electron chi connectivity index (χ1n) is 9.53. The summed E-state index contributed by atoms with van der Waals surface area (Å²) < 4.78 is 0. The van der Waals surface area contributed by atoms with Gasteiger partial charge in [0, 0.05) is 24.1 Å². The lowest BCUT2D eigenvalue weighted by Gasteiger charge is -2.18. The molecule has 0 saturated carbocycles. The van der Waals surface area contributed by atoms with Crippen LogP contribution in [0.2, 0.25) is 0 Å². The molecule has 3 rings (SSSR count). The molecule has 0 radical (unpaired) electrons. The standard InChI is InChI=1S/C22H25N5O2S/c1-14-9-15(2)20(16(3)10-14)25-19(28)11-27(4)21(29)18-7-5-17(6-8-18)12-30-22-23-13-24-26-22/h5-10,13H,11-12H2,1-4H3,(H,25,28)(H,23,24,26). The minimum atomic E-state index is -0.221. The average Bonchev–Trinajstić information content (AvgIpc) is 3.22. The van der Waals surface area contributed by atoms with Crippen molar-refractivity contribution in [1.29, 1.82) is 0 Å². The van der Waals surface area contributed by atoms with Crippen LogP contribution in [0.15, 0.2) is 47.9 Å². The maximum Gasteiger partial charge on any atom is 0.254 e. The van der Waals surface area contributed by atoms with Gasteiger partial charge in [-0.15, -0.1) is 0 Å². The Morgan fingerprint density at radius 3 is 2.37 bits per heavy atom. The van der Waals surface area contributed by atoms with E-state index in [-0.39, 0.29) is 18.4 Å². The van der Waals surface area contributed by atoms with E-state index in [9.17, 15) is 9.59 Å². The van der Waals surface area contributed by atoms with E-state index in [0.717, 1.165) is 38.9 Å². The zero-order chi connectivity index (χ0) is 21.7. The number of hydrogen-bond acceptors (Lipinski definition) is 5. The number of nitrogens with zero attached hydrogens (tertiary/aromatic N) is 3.